The standard InChI is InChI=1S/C29H34N2O5S2/c1-22-9-13-26(37-22)20-30(17-15-24-10-14-27(35-2)28(19-24)36-3)29(32)21-31(25-11-12-25)38(33,34)18-16-23-7-5-4-6-8-23/h4-10,13-14,16,18-19,25H,11-12,15,17,20-21H2,1-3H3. The highest BCUT2D eigenvalue weighted by molar-refractivity contribution is 7.92. The van der Waals surface area contributed by atoms with E-state index in [0.717, 1.165) is 28.8 Å². The van der Waals surface area contributed by atoms with Crippen molar-refractivity contribution in [3.8, 4) is 11.5 Å². The van der Waals surface area contributed by atoms with Crippen molar-refractivity contribution in [3.05, 3.63) is 87.0 Å². The fourth-order valence-corrected chi connectivity index (χ4v) is 6.49. The predicted molar refractivity (Wildman–Crippen MR) is 152 cm³/mol. The molecule has 1 aliphatic rings. The second-order valence-corrected chi connectivity index (χ2v) is 12.4. The number of carbonyl (C=O) groups excluding carboxylic acids is 1. The van der Waals surface area contributed by atoms with Gasteiger partial charge in [0.15, 0.2) is 11.5 Å². The molecule has 0 aliphatic heterocycles. The molecule has 0 saturated heterocycles. The topological polar surface area (TPSA) is 76.2 Å². The van der Waals surface area contributed by atoms with Crippen LogP contribution in [0.1, 0.15) is 33.7 Å². The average Bonchev–Trinajstić information content (AvgIpc) is 3.68. The molecule has 1 amide bonds. The van der Waals surface area contributed by atoms with Gasteiger partial charge in [-0.25, -0.2) is 8.42 Å². The summed E-state index contributed by atoms with van der Waals surface area (Å²) in [6.07, 6.45) is 3.71. The van der Waals surface area contributed by atoms with E-state index in [4.69, 9.17) is 9.47 Å². The van der Waals surface area contributed by atoms with Crippen LogP contribution in [0.25, 0.3) is 6.08 Å². The van der Waals surface area contributed by atoms with E-state index in [1.54, 1.807) is 36.5 Å². The Kier molecular flexibility index (Phi) is 9.25. The van der Waals surface area contributed by atoms with Crippen LogP contribution in [0, 0.1) is 6.92 Å². The van der Waals surface area contributed by atoms with Crippen molar-refractivity contribution in [1.82, 2.24) is 9.21 Å². The van der Waals surface area contributed by atoms with Crippen LogP contribution < -0.4 is 9.47 Å². The van der Waals surface area contributed by atoms with Gasteiger partial charge in [0.2, 0.25) is 15.9 Å². The molecular formula is C29H34N2O5S2. The molecule has 1 aliphatic carbocycles. The van der Waals surface area contributed by atoms with Gasteiger partial charge in [-0.1, -0.05) is 36.4 Å². The second-order valence-electron chi connectivity index (χ2n) is 9.30. The van der Waals surface area contributed by atoms with Crippen molar-refractivity contribution in [3.63, 3.8) is 0 Å². The van der Waals surface area contributed by atoms with Crippen LogP contribution in [0.3, 0.4) is 0 Å². The van der Waals surface area contributed by atoms with Crippen molar-refractivity contribution in [2.75, 3.05) is 27.3 Å². The fourth-order valence-electron chi connectivity index (χ4n) is 4.18. The minimum absolute atomic E-state index is 0.138. The first-order chi connectivity index (χ1) is 18.3. The Balaban J connectivity index is 1.51. The number of nitrogens with zero attached hydrogens (tertiary/aromatic N) is 2. The summed E-state index contributed by atoms with van der Waals surface area (Å²) in [5.74, 6) is 1.07. The summed E-state index contributed by atoms with van der Waals surface area (Å²) in [6.45, 7) is 2.74. The Bertz CT molecular complexity index is 1360. The maximum Gasteiger partial charge on any atom is 0.238 e. The average molecular weight is 555 g/mol. The van der Waals surface area contributed by atoms with Crippen LogP contribution in [0.5, 0.6) is 11.5 Å². The summed E-state index contributed by atoms with van der Waals surface area (Å²) in [5, 5.41) is 1.21. The number of benzene rings is 2. The molecule has 0 spiro atoms. The molecule has 1 saturated carbocycles. The van der Waals surface area contributed by atoms with E-state index < -0.39 is 10.0 Å². The van der Waals surface area contributed by atoms with E-state index in [2.05, 4.69) is 0 Å². The molecule has 2 aromatic carbocycles. The summed E-state index contributed by atoms with van der Waals surface area (Å²) < 4.78 is 38.6. The van der Waals surface area contributed by atoms with Gasteiger partial charge in [0.05, 0.1) is 27.3 Å². The highest BCUT2D eigenvalue weighted by Crippen LogP contribution is 2.31. The Morgan fingerprint density at radius 1 is 1.03 bits per heavy atom. The molecule has 0 unspecified atom stereocenters. The van der Waals surface area contributed by atoms with Crippen LogP contribution >= 0.6 is 11.3 Å². The smallest absolute Gasteiger partial charge is 0.238 e. The van der Waals surface area contributed by atoms with E-state index in [9.17, 15) is 13.2 Å². The summed E-state index contributed by atoms with van der Waals surface area (Å²) >= 11 is 1.64. The van der Waals surface area contributed by atoms with Crippen LogP contribution in [0.15, 0.2) is 66.1 Å². The summed E-state index contributed by atoms with van der Waals surface area (Å²) in [4.78, 5) is 17.6. The summed E-state index contributed by atoms with van der Waals surface area (Å²) in [5.41, 5.74) is 1.79. The predicted octanol–water partition coefficient (Wildman–Crippen LogP) is 5.11. The molecule has 0 bridgehead atoms. The van der Waals surface area contributed by atoms with E-state index in [0.29, 0.717) is 31.0 Å². The number of aryl methyl sites for hydroxylation is 1. The normalized spacial score (nSPS) is 13.7. The zero-order valence-corrected chi connectivity index (χ0v) is 23.6. The lowest BCUT2D eigenvalue weighted by Gasteiger charge is -2.26. The lowest BCUT2D eigenvalue weighted by molar-refractivity contribution is -0.132. The molecule has 0 atom stereocenters. The number of rotatable bonds is 13. The lowest BCUT2D eigenvalue weighted by atomic mass is 10.1. The fraction of sp³-hybridized carbons (Fsp3) is 0.345. The third kappa shape index (κ3) is 7.46. The molecular weight excluding hydrogens is 520 g/mol. The first-order valence-electron chi connectivity index (χ1n) is 12.6. The largest absolute Gasteiger partial charge is 0.493 e. The maximum absolute atomic E-state index is 13.6. The van der Waals surface area contributed by atoms with Crippen molar-refractivity contribution in [2.45, 2.75) is 38.8 Å². The summed E-state index contributed by atoms with van der Waals surface area (Å²) in [6, 6.07) is 18.9. The van der Waals surface area contributed by atoms with Gasteiger partial charge in [-0.05, 0) is 67.7 Å². The molecule has 1 fully saturated rings. The van der Waals surface area contributed by atoms with E-state index in [1.807, 2.05) is 67.6 Å². The minimum Gasteiger partial charge on any atom is -0.493 e. The quantitative estimate of drug-likeness (QED) is 0.294. The van der Waals surface area contributed by atoms with Crippen molar-refractivity contribution < 1.29 is 22.7 Å². The highest BCUT2D eigenvalue weighted by atomic mass is 32.2. The first-order valence-corrected chi connectivity index (χ1v) is 14.9. The number of thiophene rings is 1. The number of ether oxygens (including phenoxy) is 2. The number of sulfonamides is 1. The molecule has 1 aromatic heterocycles. The monoisotopic (exact) mass is 554 g/mol. The van der Waals surface area contributed by atoms with E-state index >= 15 is 0 Å². The van der Waals surface area contributed by atoms with Gasteiger partial charge in [0.1, 0.15) is 0 Å². The van der Waals surface area contributed by atoms with Crippen molar-refractivity contribution in [2.24, 2.45) is 0 Å². The lowest BCUT2D eigenvalue weighted by Crippen LogP contribution is -2.43. The maximum atomic E-state index is 13.6. The Morgan fingerprint density at radius 3 is 2.39 bits per heavy atom. The number of hydrogen-bond donors (Lipinski definition) is 0. The zero-order valence-electron chi connectivity index (χ0n) is 22.0. The van der Waals surface area contributed by atoms with Crippen LogP contribution in [-0.4, -0.2) is 56.9 Å². The SMILES string of the molecule is COc1ccc(CCN(Cc2ccc(C)s2)C(=O)CN(C2CC2)S(=O)(=O)C=Cc2ccccc2)cc1OC. The van der Waals surface area contributed by atoms with Crippen LogP contribution in [-0.2, 0) is 27.8 Å². The third-order valence-corrected chi connectivity index (χ3v) is 8.96. The molecule has 38 heavy (non-hydrogen) atoms. The molecule has 202 valence electrons. The molecule has 4 rings (SSSR count). The van der Waals surface area contributed by atoms with Crippen molar-refractivity contribution in [1.29, 1.82) is 0 Å². The van der Waals surface area contributed by atoms with Gasteiger partial charge in [0, 0.05) is 27.7 Å². The van der Waals surface area contributed by atoms with E-state index in [1.165, 1.54) is 14.6 Å². The van der Waals surface area contributed by atoms with Gasteiger partial charge in [-0.3, -0.25) is 4.79 Å². The first kappa shape index (κ1) is 27.9. The molecule has 7 nitrogen and oxygen atoms in total. The third-order valence-electron chi connectivity index (χ3n) is 6.42. The molecule has 0 radical (unpaired) electrons. The van der Waals surface area contributed by atoms with Gasteiger partial charge in [-0.2, -0.15) is 4.31 Å². The van der Waals surface area contributed by atoms with Gasteiger partial charge in [0.25, 0.3) is 0 Å². The zero-order chi connectivity index (χ0) is 27.1. The second kappa shape index (κ2) is 12.6. The highest BCUT2D eigenvalue weighted by Gasteiger charge is 2.38. The van der Waals surface area contributed by atoms with Gasteiger partial charge >= 0.3 is 0 Å². The number of hydrogen-bond acceptors (Lipinski definition) is 6. The Morgan fingerprint density at radius 2 is 1.76 bits per heavy atom. The molecule has 1 heterocycles. The van der Waals surface area contributed by atoms with Gasteiger partial charge in [-0.15, -0.1) is 11.3 Å². The van der Waals surface area contributed by atoms with Crippen molar-refractivity contribution >= 4 is 33.3 Å². The number of carbonyl (C=O) groups is 1. The Labute approximate surface area is 229 Å². The number of amides is 1. The summed E-state index contributed by atoms with van der Waals surface area (Å²) in [7, 11) is -0.575. The molecule has 3 aromatic rings. The van der Waals surface area contributed by atoms with Crippen LogP contribution in [0.2, 0.25) is 0 Å². The van der Waals surface area contributed by atoms with Crippen LogP contribution in [0.4, 0.5) is 0 Å². The van der Waals surface area contributed by atoms with Gasteiger partial charge < -0.3 is 14.4 Å². The minimum atomic E-state index is -3.76. The molecule has 0 N–H and O–H groups in total. The molecule has 9 heteroatoms. The van der Waals surface area contributed by atoms with E-state index in [-0.39, 0.29) is 18.5 Å². The number of methoxy groups -OCH3 is 2. The Hall–Kier alpha value is -3.14.